The first-order valence-corrected chi connectivity index (χ1v) is 17.5. The highest BCUT2D eigenvalue weighted by Gasteiger charge is 2.92. The van der Waals surface area contributed by atoms with Crippen LogP contribution in [-0.2, 0) is 39.8 Å². The monoisotopic (exact) mass is 624 g/mol. The number of ketones is 1. The van der Waals surface area contributed by atoms with Gasteiger partial charge >= 0.3 is 11.9 Å². The Labute approximate surface area is 265 Å². The number of Topliss-reactive ketones (excluding diaryl/α,β-unsaturated/α-hetero) is 1. The zero-order valence-electron chi connectivity index (χ0n) is 27.1. The molecule has 246 valence electrons. The number of rotatable bonds is 6. The Kier molecular flexibility index (Phi) is 6.62. The van der Waals surface area contributed by atoms with Crippen LogP contribution >= 0.6 is 0 Å². The third-order valence-electron chi connectivity index (χ3n) is 13.8. The normalized spacial score (nSPS) is 46.6. The number of furan rings is 1. The summed E-state index contributed by atoms with van der Waals surface area (Å²) in [5.41, 5.74) is -3.71. The number of esters is 2. The van der Waals surface area contributed by atoms with Crippen molar-refractivity contribution >= 4 is 17.7 Å². The van der Waals surface area contributed by atoms with Gasteiger partial charge in [0.2, 0.25) is 0 Å². The number of aliphatic hydroxyl groups excluding tert-OH is 1. The van der Waals surface area contributed by atoms with Gasteiger partial charge in [-0.15, -0.1) is 0 Å². The summed E-state index contributed by atoms with van der Waals surface area (Å²) in [6, 6.07) is 1.93. The first-order valence-electron chi connectivity index (χ1n) is 17.5. The third-order valence-corrected chi connectivity index (χ3v) is 13.8. The second-order valence-corrected chi connectivity index (χ2v) is 16.0. The fourth-order valence-corrected chi connectivity index (χ4v) is 12.3. The molecule has 2 spiro atoms. The maximum atomic E-state index is 14.9. The molecule has 10 atom stereocenters. The van der Waals surface area contributed by atoms with Gasteiger partial charge in [0.25, 0.3) is 0 Å². The van der Waals surface area contributed by atoms with Crippen molar-refractivity contribution in [2.75, 3.05) is 6.61 Å². The highest BCUT2D eigenvalue weighted by molar-refractivity contribution is 5.92. The van der Waals surface area contributed by atoms with Gasteiger partial charge in [-0.25, -0.2) is 4.79 Å². The third kappa shape index (κ3) is 3.53. The quantitative estimate of drug-likeness (QED) is 0.252. The van der Waals surface area contributed by atoms with Gasteiger partial charge in [-0.3, -0.25) is 9.59 Å². The Morgan fingerprint density at radius 1 is 0.978 bits per heavy atom. The van der Waals surface area contributed by atoms with Crippen LogP contribution in [0.2, 0.25) is 0 Å². The number of fused-ring (bicyclic) bond motifs is 1. The Hall–Kier alpha value is -2.23. The molecule has 45 heavy (non-hydrogen) atoms. The lowest BCUT2D eigenvalue weighted by atomic mass is 9.33. The van der Waals surface area contributed by atoms with Crippen molar-refractivity contribution in [3.63, 3.8) is 0 Å². The van der Waals surface area contributed by atoms with Crippen LogP contribution in [0.4, 0.5) is 0 Å². The lowest BCUT2D eigenvalue weighted by Crippen LogP contribution is -2.79. The molecule has 3 saturated carbocycles. The van der Waals surface area contributed by atoms with Crippen LogP contribution in [0.5, 0.6) is 0 Å². The Bertz CT molecular complexity index is 1410. The summed E-state index contributed by atoms with van der Waals surface area (Å²) in [7, 11) is 0. The summed E-state index contributed by atoms with van der Waals surface area (Å²) in [6.07, 6.45) is 8.41. The van der Waals surface area contributed by atoms with E-state index in [2.05, 4.69) is 13.8 Å². The van der Waals surface area contributed by atoms with E-state index >= 15 is 0 Å². The minimum Gasteiger partial charge on any atom is -0.469 e. The van der Waals surface area contributed by atoms with Crippen molar-refractivity contribution in [3.05, 3.63) is 23.7 Å². The summed E-state index contributed by atoms with van der Waals surface area (Å²) in [5, 5.41) is 12.8. The summed E-state index contributed by atoms with van der Waals surface area (Å²) < 4.78 is 31.7. The van der Waals surface area contributed by atoms with Crippen molar-refractivity contribution < 1.29 is 42.9 Å². The van der Waals surface area contributed by atoms with Gasteiger partial charge in [-0.2, -0.15) is 0 Å². The van der Waals surface area contributed by atoms with Crippen molar-refractivity contribution in [2.24, 2.45) is 34.0 Å². The van der Waals surface area contributed by atoms with Crippen LogP contribution in [0.25, 0.3) is 0 Å². The van der Waals surface area contributed by atoms with Gasteiger partial charge in [0.05, 0.1) is 30.3 Å². The number of carbonyl (C=O) groups is 3. The van der Waals surface area contributed by atoms with E-state index in [0.29, 0.717) is 12.8 Å². The van der Waals surface area contributed by atoms with E-state index in [0.717, 1.165) is 69.1 Å². The maximum Gasteiger partial charge on any atom is 0.339 e. The topological polar surface area (TPSA) is 125 Å². The largest absolute Gasteiger partial charge is 0.469 e. The fourth-order valence-electron chi connectivity index (χ4n) is 12.3. The number of aryl methyl sites for hydroxylation is 1. The molecule has 9 heteroatoms. The molecular weight excluding hydrogens is 576 g/mol. The number of hydrogen-bond acceptors (Lipinski definition) is 9. The van der Waals surface area contributed by atoms with Gasteiger partial charge in [0, 0.05) is 28.2 Å². The predicted octanol–water partition coefficient (Wildman–Crippen LogP) is 5.40. The van der Waals surface area contributed by atoms with E-state index in [9.17, 15) is 19.5 Å². The van der Waals surface area contributed by atoms with Crippen LogP contribution in [0.15, 0.2) is 16.7 Å². The molecule has 9 nitrogen and oxygen atoms in total. The van der Waals surface area contributed by atoms with Gasteiger partial charge in [0.15, 0.2) is 11.9 Å². The molecule has 1 aromatic rings. The molecule has 1 aromatic heterocycles. The van der Waals surface area contributed by atoms with Crippen LogP contribution in [-0.4, -0.2) is 58.9 Å². The highest BCUT2D eigenvalue weighted by Crippen LogP contribution is 2.82. The zero-order chi connectivity index (χ0) is 31.6. The van der Waals surface area contributed by atoms with Gasteiger partial charge in [-0.1, -0.05) is 46.0 Å². The average molecular weight is 625 g/mol. The summed E-state index contributed by atoms with van der Waals surface area (Å²) in [6.45, 7) is 8.22. The molecule has 7 aliphatic rings. The van der Waals surface area contributed by atoms with Gasteiger partial charge in [0.1, 0.15) is 30.2 Å². The number of cyclic esters (lactones) is 2. The van der Waals surface area contributed by atoms with Crippen molar-refractivity contribution in [1.29, 1.82) is 0 Å². The van der Waals surface area contributed by atoms with Crippen molar-refractivity contribution in [2.45, 2.75) is 140 Å². The van der Waals surface area contributed by atoms with Crippen molar-refractivity contribution in [1.82, 2.24) is 0 Å². The molecular formula is C36H48O9. The molecule has 0 aromatic carbocycles. The van der Waals surface area contributed by atoms with Crippen LogP contribution in [0, 0.1) is 34.0 Å². The summed E-state index contributed by atoms with van der Waals surface area (Å²) in [5.74, 6) is -1.10. The molecule has 4 aliphatic heterocycles. The molecule has 7 fully saturated rings. The number of ether oxygens (including phenoxy) is 4. The fraction of sp³-hybridized carbons (Fsp3) is 0.806. The molecule has 4 saturated heterocycles. The molecule has 10 unspecified atom stereocenters. The Morgan fingerprint density at radius 2 is 1.76 bits per heavy atom. The number of epoxide rings is 1. The van der Waals surface area contributed by atoms with Gasteiger partial charge < -0.3 is 28.5 Å². The highest BCUT2D eigenvalue weighted by atomic mass is 16.7. The number of aliphatic hydroxyl groups is 1. The number of carbonyl (C=O) groups excluding carboxylic acids is 3. The zero-order valence-corrected chi connectivity index (χ0v) is 27.1. The van der Waals surface area contributed by atoms with E-state index in [1.54, 1.807) is 6.26 Å². The maximum absolute atomic E-state index is 14.9. The number of hydrogen-bond donors (Lipinski definition) is 1. The first-order chi connectivity index (χ1) is 21.5. The lowest BCUT2D eigenvalue weighted by Gasteiger charge is -2.70. The standard InChI is InChI=1S/C36H48O9/c1-5-6-8-13-22-21(15-17-41-22)29-33(4)16-14-23-34-19-42-25(37)18-24(34)44-32(2,3)27(34)26(38)28(39)35(23,20-11-9-7-10-12-20)36(33)30(45-36)31(40)43-29/h15,17,20,23-24,27-30,39H,5-14,16,18-19H2,1-4H3. The number of unbranched alkanes of at least 4 members (excludes halogenated alkanes) is 2. The van der Waals surface area contributed by atoms with E-state index in [4.69, 9.17) is 23.4 Å². The second-order valence-electron chi connectivity index (χ2n) is 16.0. The van der Waals surface area contributed by atoms with Crippen molar-refractivity contribution in [3.8, 4) is 0 Å². The minimum atomic E-state index is -1.34. The molecule has 5 heterocycles. The predicted molar refractivity (Wildman–Crippen MR) is 160 cm³/mol. The van der Waals surface area contributed by atoms with E-state index in [-0.39, 0.29) is 36.6 Å². The molecule has 0 bridgehead atoms. The second kappa shape index (κ2) is 9.89. The van der Waals surface area contributed by atoms with E-state index < -0.39 is 63.8 Å². The van der Waals surface area contributed by atoms with E-state index in [1.807, 2.05) is 19.9 Å². The SMILES string of the molecule is CCCCCc1occc1C1OC(=O)C2OC23C1(C)CCC1C24COC(=O)CC2OC(C)(C)C4C(=O)C(O)C13C1CCCCC1. The smallest absolute Gasteiger partial charge is 0.339 e. The van der Waals surface area contributed by atoms with Gasteiger partial charge in [-0.05, 0) is 63.9 Å². The molecule has 3 aliphatic carbocycles. The summed E-state index contributed by atoms with van der Waals surface area (Å²) >= 11 is 0. The van der Waals surface area contributed by atoms with Crippen LogP contribution in [0.3, 0.4) is 0 Å². The first kappa shape index (κ1) is 30.1. The lowest BCUT2D eigenvalue weighted by molar-refractivity contribution is -0.275. The summed E-state index contributed by atoms with van der Waals surface area (Å²) in [4.78, 5) is 41.7. The minimum absolute atomic E-state index is 0.0444. The molecule has 0 amide bonds. The average Bonchev–Trinajstić information content (AvgIpc) is 3.54. The van der Waals surface area contributed by atoms with Crippen LogP contribution in [0.1, 0.15) is 116 Å². The Balaban J connectivity index is 1.33. The molecule has 0 radical (unpaired) electrons. The van der Waals surface area contributed by atoms with E-state index in [1.165, 1.54) is 0 Å². The molecule has 1 N–H and O–H groups in total. The van der Waals surface area contributed by atoms with Crippen LogP contribution < -0.4 is 0 Å². The Morgan fingerprint density at radius 3 is 2.51 bits per heavy atom. The molecule has 8 rings (SSSR count).